The Morgan fingerprint density at radius 2 is 2.03 bits per heavy atom. The Morgan fingerprint density at radius 3 is 2.67 bits per heavy atom. The van der Waals surface area contributed by atoms with Crippen LogP contribution in [-0.4, -0.2) is 34.4 Å². The summed E-state index contributed by atoms with van der Waals surface area (Å²) in [7, 11) is 0. The molecule has 0 amide bonds. The van der Waals surface area contributed by atoms with Crippen molar-refractivity contribution in [3.8, 4) is 0 Å². The number of fused-ring (bicyclic) bond motifs is 1. The van der Waals surface area contributed by atoms with Crippen molar-refractivity contribution in [1.82, 2.24) is 0 Å². The van der Waals surface area contributed by atoms with Crippen LogP contribution in [0.3, 0.4) is 0 Å². The summed E-state index contributed by atoms with van der Waals surface area (Å²) >= 11 is 0. The van der Waals surface area contributed by atoms with Crippen molar-refractivity contribution in [2.75, 3.05) is 0 Å². The minimum Gasteiger partial charge on any atom is -0.478 e. The van der Waals surface area contributed by atoms with Crippen LogP contribution in [0.1, 0.15) is 66.7 Å². The van der Waals surface area contributed by atoms with Crippen molar-refractivity contribution < 1.29 is 24.5 Å². The third-order valence-corrected chi connectivity index (χ3v) is 6.79. The van der Waals surface area contributed by atoms with E-state index in [4.69, 9.17) is 9.84 Å². The molecule has 0 fully saturated rings. The summed E-state index contributed by atoms with van der Waals surface area (Å²) in [6, 6.07) is 0. The molecule has 0 radical (unpaired) electrons. The fourth-order valence-electron chi connectivity index (χ4n) is 4.49. The lowest BCUT2D eigenvalue weighted by Gasteiger charge is -2.43. The van der Waals surface area contributed by atoms with Crippen molar-refractivity contribution in [2.24, 2.45) is 29.1 Å². The van der Waals surface area contributed by atoms with Crippen molar-refractivity contribution in [2.45, 2.75) is 78.9 Å². The summed E-state index contributed by atoms with van der Waals surface area (Å²) in [6.45, 7) is 10.2. The zero-order valence-electron chi connectivity index (χ0n) is 19.0. The molecule has 0 saturated heterocycles. The Bertz CT molecular complexity index is 702. The molecule has 0 heterocycles. The molecule has 0 bridgehead atoms. The third-order valence-electron chi connectivity index (χ3n) is 6.79. The number of aliphatic hydroxyl groups excluding tert-OH is 1. The van der Waals surface area contributed by atoms with Crippen LogP contribution in [-0.2, 0) is 14.3 Å². The largest absolute Gasteiger partial charge is 0.478 e. The number of hydrogen-bond donors (Lipinski definition) is 2. The van der Waals surface area contributed by atoms with E-state index in [1.165, 1.54) is 11.6 Å². The van der Waals surface area contributed by atoms with Crippen LogP contribution in [0.5, 0.6) is 0 Å². The van der Waals surface area contributed by atoms with E-state index in [0.717, 1.165) is 25.3 Å². The maximum absolute atomic E-state index is 12.8. The molecule has 0 aliphatic heterocycles. The lowest BCUT2D eigenvalue weighted by Crippen LogP contribution is -2.43. The van der Waals surface area contributed by atoms with Crippen LogP contribution < -0.4 is 0 Å². The van der Waals surface area contributed by atoms with Crippen molar-refractivity contribution in [3.63, 3.8) is 0 Å². The first-order valence-corrected chi connectivity index (χ1v) is 11.2. The Kier molecular flexibility index (Phi) is 8.48. The highest BCUT2D eigenvalue weighted by atomic mass is 16.5. The fourth-order valence-corrected chi connectivity index (χ4v) is 4.49. The van der Waals surface area contributed by atoms with E-state index in [1.54, 1.807) is 0 Å². The first kappa shape index (κ1) is 24.4. The zero-order valence-corrected chi connectivity index (χ0v) is 19.0. The quantitative estimate of drug-likeness (QED) is 0.410. The SMILES string of the molecule is CCC(C)(C)C(=O)O[C@@H]1C[C@H](C)C=C2C=C[C@@H](C)[C@@H](CC[C@@H](O)C/C=C/C(=O)O)[C@@H]21. The monoisotopic (exact) mass is 418 g/mol. The van der Waals surface area contributed by atoms with Gasteiger partial charge in [-0.3, -0.25) is 4.79 Å². The number of carbonyl (C=O) groups excluding carboxylic acids is 1. The number of aliphatic carboxylic acids is 1. The van der Waals surface area contributed by atoms with E-state index in [2.05, 4.69) is 32.1 Å². The molecule has 6 atom stereocenters. The Balaban J connectivity index is 2.14. The molecule has 0 aromatic heterocycles. The number of hydrogen-bond acceptors (Lipinski definition) is 4. The van der Waals surface area contributed by atoms with Crippen LogP contribution in [0.4, 0.5) is 0 Å². The number of rotatable bonds is 9. The number of esters is 1. The number of carbonyl (C=O) groups is 2. The maximum atomic E-state index is 12.8. The highest BCUT2D eigenvalue weighted by molar-refractivity contribution is 5.79. The average molecular weight is 419 g/mol. The van der Waals surface area contributed by atoms with E-state index in [1.807, 2.05) is 20.8 Å². The summed E-state index contributed by atoms with van der Waals surface area (Å²) < 4.78 is 6.11. The van der Waals surface area contributed by atoms with Gasteiger partial charge >= 0.3 is 11.9 Å². The second-order valence-corrected chi connectivity index (χ2v) is 9.68. The molecule has 168 valence electrons. The fraction of sp³-hybridized carbons (Fsp3) is 0.680. The summed E-state index contributed by atoms with van der Waals surface area (Å²) in [5.41, 5.74) is 0.743. The van der Waals surface area contributed by atoms with E-state index in [0.29, 0.717) is 24.7 Å². The van der Waals surface area contributed by atoms with Gasteiger partial charge in [0.25, 0.3) is 0 Å². The van der Waals surface area contributed by atoms with Gasteiger partial charge in [-0.2, -0.15) is 0 Å². The van der Waals surface area contributed by atoms with Crippen LogP contribution >= 0.6 is 0 Å². The molecule has 0 aromatic carbocycles. The molecule has 5 nitrogen and oxygen atoms in total. The predicted octanol–water partition coefficient (Wildman–Crippen LogP) is 4.91. The van der Waals surface area contributed by atoms with E-state index in [-0.39, 0.29) is 23.9 Å². The topological polar surface area (TPSA) is 83.8 Å². The molecule has 30 heavy (non-hydrogen) atoms. The van der Waals surface area contributed by atoms with Crippen molar-refractivity contribution in [3.05, 3.63) is 36.0 Å². The van der Waals surface area contributed by atoms with Gasteiger partial charge in [0.1, 0.15) is 6.10 Å². The highest BCUT2D eigenvalue weighted by Gasteiger charge is 2.42. The van der Waals surface area contributed by atoms with Gasteiger partial charge < -0.3 is 14.9 Å². The molecular weight excluding hydrogens is 380 g/mol. The normalized spacial score (nSPS) is 29.9. The molecular formula is C25H38O5. The standard InChI is InChI=1S/C25H38O5/c1-6-25(4,5)24(29)30-21-15-16(2)14-18-11-10-17(3)20(23(18)21)13-12-19(26)8-7-9-22(27)28/h7,9-11,14,16-17,19-21,23,26H,6,8,12-13,15H2,1-5H3,(H,27,28)/b9-7+/t16-,17-,19+,20-,21-,23-/m1/s1. The summed E-state index contributed by atoms with van der Waals surface area (Å²) in [6.07, 6.45) is 11.8. The smallest absolute Gasteiger partial charge is 0.327 e. The van der Waals surface area contributed by atoms with Gasteiger partial charge in [0.15, 0.2) is 0 Å². The molecule has 2 N–H and O–H groups in total. The van der Waals surface area contributed by atoms with Crippen LogP contribution in [0.15, 0.2) is 36.0 Å². The van der Waals surface area contributed by atoms with E-state index in [9.17, 15) is 14.7 Å². The Morgan fingerprint density at radius 1 is 1.33 bits per heavy atom. The van der Waals surface area contributed by atoms with Gasteiger partial charge in [0.2, 0.25) is 0 Å². The van der Waals surface area contributed by atoms with Crippen molar-refractivity contribution >= 4 is 11.9 Å². The number of carboxylic acid groups (broad SMARTS) is 1. The Hall–Kier alpha value is -1.88. The second kappa shape index (κ2) is 10.4. The zero-order chi connectivity index (χ0) is 22.5. The number of ether oxygens (including phenoxy) is 1. The summed E-state index contributed by atoms with van der Waals surface area (Å²) in [4.78, 5) is 23.4. The van der Waals surface area contributed by atoms with Gasteiger partial charge in [-0.05, 0) is 69.3 Å². The molecule has 0 spiro atoms. The van der Waals surface area contributed by atoms with Crippen LogP contribution in [0.2, 0.25) is 0 Å². The molecule has 0 unspecified atom stereocenters. The van der Waals surface area contributed by atoms with Crippen LogP contribution in [0.25, 0.3) is 0 Å². The van der Waals surface area contributed by atoms with E-state index >= 15 is 0 Å². The molecule has 2 aliphatic rings. The van der Waals surface area contributed by atoms with Crippen molar-refractivity contribution in [1.29, 1.82) is 0 Å². The van der Waals surface area contributed by atoms with Crippen LogP contribution in [0, 0.1) is 29.1 Å². The maximum Gasteiger partial charge on any atom is 0.327 e. The second-order valence-electron chi connectivity index (χ2n) is 9.68. The first-order valence-electron chi connectivity index (χ1n) is 11.2. The number of allylic oxidation sites excluding steroid dienone is 3. The van der Waals surface area contributed by atoms with Gasteiger partial charge in [0.05, 0.1) is 11.5 Å². The number of carboxylic acids is 1. The molecule has 5 heteroatoms. The van der Waals surface area contributed by atoms with Gasteiger partial charge in [0, 0.05) is 12.0 Å². The first-order chi connectivity index (χ1) is 14.0. The van der Waals surface area contributed by atoms with E-state index < -0.39 is 17.5 Å². The summed E-state index contributed by atoms with van der Waals surface area (Å²) in [5.74, 6) is -0.0526. The van der Waals surface area contributed by atoms with Gasteiger partial charge in [-0.15, -0.1) is 0 Å². The molecule has 2 aliphatic carbocycles. The van der Waals surface area contributed by atoms with Gasteiger partial charge in [-0.25, -0.2) is 4.79 Å². The summed E-state index contributed by atoms with van der Waals surface area (Å²) in [5, 5.41) is 19.0. The lowest BCUT2D eigenvalue weighted by atomic mass is 9.65. The number of aliphatic hydroxyl groups is 1. The highest BCUT2D eigenvalue weighted by Crippen LogP contribution is 2.45. The van der Waals surface area contributed by atoms with Gasteiger partial charge in [-0.1, -0.05) is 45.1 Å². The molecule has 2 rings (SSSR count). The Labute approximate surface area is 180 Å². The minimum absolute atomic E-state index is 0.136. The molecule has 0 aromatic rings. The third kappa shape index (κ3) is 6.31. The minimum atomic E-state index is -1.00. The molecule has 0 saturated carbocycles. The lowest BCUT2D eigenvalue weighted by molar-refractivity contribution is -0.164. The average Bonchev–Trinajstić information content (AvgIpc) is 2.66. The predicted molar refractivity (Wildman–Crippen MR) is 118 cm³/mol.